The van der Waals surface area contributed by atoms with E-state index in [-0.39, 0.29) is 0 Å². The smallest absolute Gasteiger partial charge is 0.145 e. The molecule has 2 aromatic heterocycles. The number of nitrogens with zero attached hydrogens (tertiary/aromatic N) is 4. The predicted octanol–water partition coefficient (Wildman–Crippen LogP) is 4.05. The van der Waals surface area contributed by atoms with Crippen molar-refractivity contribution in [2.24, 2.45) is 0 Å². The Morgan fingerprint density at radius 3 is 2.59 bits per heavy atom. The van der Waals surface area contributed by atoms with Crippen LogP contribution in [0.2, 0.25) is 0 Å². The third-order valence-corrected chi connectivity index (χ3v) is 5.43. The van der Waals surface area contributed by atoms with Gasteiger partial charge in [0.15, 0.2) is 0 Å². The highest BCUT2D eigenvalue weighted by Crippen LogP contribution is 2.22. The highest BCUT2D eigenvalue weighted by atomic mass is 15.2. The Labute approximate surface area is 174 Å². The standard InChI is InChI=1S/C23H32N6/c1-6-18-7-8-20(27-21(18)13-17(4)24-5)22-14-25-15-23(28-22)26-19-9-11-29(12-10-19)16(2)3/h6-8,13-16,19,24H,1,9-12H2,2-5H3,(H,26,28)/b17-13+. The number of allylic oxidation sites excluding steroid dienone is 1. The summed E-state index contributed by atoms with van der Waals surface area (Å²) in [6, 6.07) is 5.03. The number of pyridine rings is 1. The molecule has 0 unspecified atom stereocenters. The first-order valence-corrected chi connectivity index (χ1v) is 10.3. The van der Waals surface area contributed by atoms with Gasteiger partial charge in [0.25, 0.3) is 0 Å². The monoisotopic (exact) mass is 392 g/mol. The molecule has 0 saturated carbocycles. The first kappa shape index (κ1) is 21.0. The maximum Gasteiger partial charge on any atom is 0.145 e. The van der Waals surface area contributed by atoms with Crippen molar-refractivity contribution < 1.29 is 0 Å². The predicted molar refractivity (Wildman–Crippen MR) is 121 cm³/mol. The van der Waals surface area contributed by atoms with Crippen LogP contribution in [0.15, 0.2) is 36.8 Å². The van der Waals surface area contributed by atoms with E-state index in [9.17, 15) is 0 Å². The molecule has 3 heterocycles. The van der Waals surface area contributed by atoms with Crippen molar-refractivity contribution in [3.8, 4) is 11.4 Å². The largest absolute Gasteiger partial charge is 0.392 e. The van der Waals surface area contributed by atoms with Crippen LogP contribution in [0.1, 0.15) is 44.9 Å². The Morgan fingerprint density at radius 2 is 1.93 bits per heavy atom. The topological polar surface area (TPSA) is 66.0 Å². The molecule has 2 aromatic rings. The SMILES string of the molecule is C=Cc1ccc(-c2cncc(NC3CCN(C(C)C)CC3)n2)nc1/C=C(\C)NC. The van der Waals surface area contributed by atoms with Crippen LogP contribution >= 0.6 is 0 Å². The van der Waals surface area contributed by atoms with Gasteiger partial charge in [-0.05, 0) is 51.3 Å². The molecule has 3 rings (SSSR count). The summed E-state index contributed by atoms with van der Waals surface area (Å²) >= 11 is 0. The van der Waals surface area contributed by atoms with Crippen molar-refractivity contribution >= 4 is 18.0 Å². The number of likely N-dealkylation sites (tertiary alicyclic amines) is 1. The molecule has 0 bridgehead atoms. The summed E-state index contributed by atoms with van der Waals surface area (Å²) in [7, 11) is 1.90. The van der Waals surface area contributed by atoms with E-state index in [1.807, 2.05) is 38.3 Å². The van der Waals surface area contributed by atoms with Crippen LogP contribution in [0.3, 0.4) is 0 Å². The van der Waals surface area contributed by atoms with Gasteiger partial charge in [0.05, 0.1) is 23.8 Å². The van der Waals surface area contributed by atoms with Gasteiger partial charge in [0.2, 0.25) is 0 Å². The van der Waals surface area contributed by atoms with Crippen LogP contribution in [0, 0.1) is 0 Å². The van der Waals surface area contributed by atoms with E-state index in [0.717, 1.165) is 60.1 Å². The summed E-state index contributed by atoms with van der Waals surface area (Å²) in [6.07, 6.45) is 9.63. The van der Waals surface area contributed by atoms with Crippen molar-refractivity contribution in [2.75, 3.05) is 25.5 Å². The molecule has 2 N–H and O–H groups in total. The molecular weight excluding hydrogens is 360 g/mol. The molecule has 1 saturated heterocycles. The number of hydrogen-bond acceptors (Lipinski definition) is 6. The van der Waals surface area contributed by atoms with Crippen LogP contribution in [-0.2, 0) is 0 Å². The first-order chi connectivity index (χ1) is 14.0. The molecule has 0 amide bonds. The highest BCUT2D eigenvalue weighted by Gasteiger charge is 2.21. The van der Waals surface area contributed by atoms with Crippen molar-refractivity contribution in [2.45, 2.75) is 45.7 Å². The minimum atomic E-state index is 0.433. The van der Waals surface area contributed by atoms with Crippen LogP contribution in [-0.4, -0.2) is 52.1 Å². The van der Waals surface area contributed by atoms with Gasteiger partial charge in [0, 0.05) is 37.9 Å². The number of anilines is 1. The van der Waals surface area contributed by atoms with Crippen LogP contribution in [0.4, 0.5) is 5.82 Å². The van der Waals surface area contributed by atoms with Gasteiger partial charge < -0.3 is 15.5 Å². The molecule has 0 aromatic carbocycles. The van der Waals surface area contributed by atoms with Crippen LogP contribution in [0.25, 0.3) is 23.5 Å². The van der Waals surface area contributed by atoms with Gasteiger partial charge in [-0.2, -0.15) is 0 Å². The minimum absolute atomic E-state index is 0.433. The van der Waals surface area contributed by atoms with Crippen molar-refractivity contribution in [1.82, 2.24) is 25.2 Å². The Balaban J connectivity index is 1.77. The quantitative estimate of drug-likeness (QED) is 0.741. The number of rotatable bonds is 7. The molecule has 0 spiro atoms. The molecule has 154 valence electrons. The molecule has 1 fully saturated rings. The Kier molecular flexibility index (Phi) is 6.99. The minimum Gasteiger partial charge on any atom is -0.392 e. The van der Waals surface area contributed by atoms with E-state index in [1.54, 1.807) is 12.4 Å². The fraction of sp³-hybridized carbons (Fsp3) is 0.435. The summed E-state index contributed by atoms with van der Waals surface area (Å²) in [5, 5.41) is 6.70. The summed E-state index contributed by atoms with van der Waals surface area (Å²) in [4.78, 5) is 16.5. The zero-order valence-corrected chi connectivity index (χ0v) is 17.9. The van der Waals surface area contributed by atoms with Gasteiger partial charge in [-0.25, -0.2) is 9.97 Å². The number of aromatic nitrogens is 3. The maximum atomic E-state index is 4.79. The lowest BCUT2D eigenvalue weighted by Gasteiger charge is -2.35. The molecule has 1 aliphatic heterocycles. The lowest BCUT2D eigenvalue weighted by molar-refractivity contribution is 0.177. The van der Waals surface area contributed by atoms with Crippen molar-refractivity contribution in [3.63, 3.8) is 0 Å². The van der Waals surface area contributed by atoms with Crippen molar-refractivity contribution in [1.29, 1.82) is 0 Å². The van der Waals surface area contributed by atoms with Gasteiger partial charge in [-0.15, -0.1) is 0 Å². The van der Waals surface area contributed by atoms with Gasteiger partial charge in [-0.1, -0.05) is 18.7 Å². The summed E-state index contributed by atoms with van der Waals surface area (Å²) in [5.41, 5.74) is 4.46. The first-order valence-electron chi connectivity index (χ1n) is 10.3. The van der Waals surface area contributed by atoms with E-state index < -0.39 is 0 Å². The van der Waals surface area contributed by atoms with Gasteiger partial charge in [0.1, 0.15) is 11.5 Å². The van der Waals surface area contributed by atoms with E-state index in [1.165, 1.54) is 0 Å². The van der Waals surface area contributed by atoms with Crippen LogP contribution in [0.5, 0.6) is 0 Å². The summed E-state index contributed by atoms with van der Waals surface area (Å²) < 4.78 is 0. The fourth-order valence-electron chi connectivity index (χ4n) is 3.52. The van der Waals surface area contributed by atoms with Crippen LogP contribution < -0.4 is 10.6 Å². The second-order valence-electron chi connectivity index (χ2n) is 7.79. The average molecular weight is 393 g/mol. The lowest BCUT2D eigenvalue weighted by Crippen LogP contribution is -2.42. The van der Waals surface area contributed by atoms with E-state index in [0.29, 0.717) is 12.1 Å². The molecule has 6 heteroatoms. The maximum absolute atomic E-state index is 4.79. The highest BCUT2D eigenvalue weighted by molar-refractivity contribution is 5.67. The number of nitrogens with one attached hydrogen (secondary N) is 2. The second kappa shape index (κ2) is 9.65. The summed E-state index contributed by atoms with van der Waals surface area (Å²) in [5.74, 6) is 0.809. The molecule has 0 atom stereocenters. The zero-order valence-electron chi connectivity index (χ0n) is 17.9. The van der Waals surface area contributed by atoms with E-state index in [2.05, 4.69) is 40.9 Å². The Hall–Kier alpha value is -2.73. The summed E-state index contributed by atoms with van der Waals surface area (Å²) in [6.45, 7) is 12.7. The zero-order chi connectivity index (χ0) is 20.8. The number of piperidine rings is 1. The third-order valence-electron chi connectivity index (χ3n) is 5.43. The number of hydrogen-bond donors (Lipinski definition) is 2. The molecule has 1 aliphatic rings. The molecule has 0 radical (unpaired) electrons. The lowest BCUT2D eigenvalue weighted by atomic mass is 10.0. The van der Waals surface area contributed by atoms with E-state index in [4.69, 9.17) is 9.97 Å². The average Bonchev–Trinajstić information content (AvgIpc) is 2.74. The molecule has 29 heavy (non-hydrogen) atoms. The van der Waals surface area contributed by atoms with Crippen molar-refractivity contribution in [3.05, 3.63) is 48.1 Å². The fourth-order valence-corrected chi connectivity index (χ4v) is 3.52. The molecular formula is C23H32N6. The van der Waals surface area contributed by atoms with Gasteiger partial charge in [-0.3, -0.25) is 4.98 Å². The normalized spacial score (nSPS) is 16.1. The second-order valence-corrected chi connectivity index (χ2v) is 7.79. The third kappa shape index (κ3) is 5.41. The Bertz CT molecular complexity index is 865. The molecule has 0 aliphatic carbocycles. The van der Waals surface area contributed by atoms with E-state index >= 15 is 0 Å². The van der Waals surface area contributed by atoms with Gasteiger partial charge >= 0.3 is 0 Å². The molecule has 6 nitrogen and oxygen atoms in total. The Morgan fingerprint density at radius 1 is 1.17 bits per heavy atom.